The minimum Gasteiger partial charge on any atom is -0.459 e. The summed E-state index contributed by atoms with van der Waals surface area (Å²) in [5.74, 6) is 0.893. The molecule has 3 rings (SSSR count). The fraction of sp³-hybridized carbons (Fsp3) is 0.235. The van der Waals surface area contributed by atoms with Gasteiger partial charge < -0.3 is 9.73 Å². The van der Waals surface area contributed by atoms with Crippen molar-refractivity contribution in [1.82, 2.24) is 10.3 Å². The van der Waals surface area contributed by atoms with Gasteiger partial charge in [-0.1, -0.05) is 25.1 Å². The molecule has 0 fully saturated rings. The molecule has 0 aliphatic carbocycles. The number of fused-ring (bicyclic) bond motifs is 1. The van der Waals surface area contributed by atoms with Crippen LogP contribution in [0.4, 0.5) is 0 Å². The molecular formula is C17H17BrN2O. The third-order valence-corrected chi connectivity index (χ3v) is 4.06. The van der Waals surface area contributed by atoms with E-state index in [1.165, 1.54) is 0 Å². The van der Waals surface area contributed by atoms with Crippen LogP contribution in [-0.2, 0) is 0 Å². The number of pyridine rings is 1. The van der Waals surface area contributed by atoms with Gasteiger partial charge in [-0.2, -0.15) is 0 Å². The first kappa shape index (κ1) is 14.3. The lowest BCUT2D eigenvalue weighted by Gasteiger charge is -2.16. The predicted molar refractivity (Wildman–Crippen MR) is 88.3 cm³/mol. The Labute approximate surface area is 132 Å². The molecule has 1 unspecified atom stereocenters. The van der Waals surface area contributed by atoms with E-state index in [-0.39, 0.29) is 6.04 Å². The summed E-state index contributed by atoms with van der Waals surface area (Å²) < 4.78 is 7.00. The van der Waals surface area contributed by atoms with Gasteiger partial charge in [0.15, 0.2) is 0 Å². The SMILES string of the molecule is CCCNC(c1cc2ccccc2o1)c1ncccc1Br. The van der Waals surface area contributed by atoms with Crippen LogP contribution in [0.2, 0.25) is 0 Å². The molecule has 0 spiro atoms. The summed E-state index contributed by atoms with van der Waals surface area (Å²) in [6, 6.07) is 14.0. The molecule has 0 radical (unpaired) electrons. The topological polar surface area (TPSA) is 38.1 Å². The second-order valence-corrected chi connectivity index (χ2v) is 5.80. The molecule has 1 aromatic carbocycles. The molecule has 0 aliphatic rings. The molecule has 4 heteroatoms. The summed E-state index contributed by atoms with van der Waals surface area (Å²) in [4.78, 5) is 4.51. The molecule has 0 bridgehead atoms. The zero-order valence-electron chi connectivity index (χ0n) is 11.8. The Hall–Kier alpha value is -1.65. The third-order valence-electron chi connectivity index (χ3n) is 3.39. The predicted octanol–water partition coefficient (Wildman–Crippen LogP) is 4.68. The normalized spacial score (nSPS) is 12.7. The van der Waals surface area contributed by atoms with Crippen molar-refractivity contribution in [3.63, 3.8) is 0 Å². The van der Waals surface area contributed by atoms with Crippen LogP contribution in [0, 0.1) is 0 Å². The van der Waals surface area contributed by atoms with Crippen molar-refractivity contribution < 1.29 is 4.42 Å². The maximum absolute atomic E-state index is 6.01. The van der Waals surface area contributed by atoms with E-state index in [2.05, 4.69) is 45.3 Å². The van der Waals surface area contributed by atoms with Gasteiger partial charge in [-0.3, -0.25) is 4.98 Å². The average Bonchev–Trinajstić information content (AvgIpc) is 2.93. The third kappa shape index (κ3) is 3.01. The minimum absolute atomic E-state index is 0.0482. The van der Waals surface area contributed by atoms with Crippen molar-refractivity contribution in [2.24, 2.45) is 0 Å². The Morgan fingerprint density at radius 3 is 2.86 bits per heavy atom. The quantitative estimate of drug-likeness (QED) is 0.730. The van der Waals surface area contributed by atoms with Gasteiger partial charge in [0.05, 0.1) is 5.69 Å². The lowest BCUT2D eigenvalue weighted by Crippen LogP contribution is -2.24. The number of furan rings is 1. The van der Waals surface area contributed by atoms with E-state index in [0.717, 1.165) is 39.9 Å². The van der Waals surface area contributed by atoms with Gasteiger partial charge in [-0.05, 0) is 53.2 Å². The van der Waals surface area contributed by atoms with Gasteiger partial charge in [-0.25, -0.2) is 0 Å². The van der Waals surface area contributed by atoms with Gasteiger partial charge >= 0.3 is 0 Å². The van der Waals surface area contributed by atoms with Crippen LogP contribution in [0.3, 0.4) is 0 Å². The summed E-state index contributed by atoms with van der Waals surface area (Å²) in [5.41, 5.74) is 1.85. The Kier molecular flexibility index (Phi) is 4.36. The summed E-state index contributed by atoms with van der Waals surface area (Å²) >= 11 is 3.59. The Bertz CT molecular complexity index is 705. The molecule has 0 saturated heterocycles. The van der Waals surface area contributed by atoms with Gasteiger partial charge in [-0.15, -0.1) is 0 Å². The van der Waals surface area contributed by atoms with Crippen molar-refractivity contribution in [1.29, 1.82) is 0 Å². The number of hydrogen-bond donors (Lipinski definition) is 1. The van der Waals surface area contributed by atoms with Crippen LogP contribution in [-0.4, -0.2) is 11.5 Å². The zero-order chi connectivity index (χ0) is 14.7. The fourth-order valence-electron chi connectivity index (χ4n) is 2.38. The molecule has 2 heterocycles. The van der Waals surface area contributed by atoms with Crippen LogP contribution < -0.4 is 5.32 Å². The molecule has 108 valence electrons. The lowest BCUT2D eigenvalue weighted by molar-refractivity contribution is 0.462. The highest BCUT2D eigenvalue weighted by Gasteiger charge is 2.21. The zero-order valence-corrected chi connectivity index (χ0v) is 13.4. The maximum Gasteiger partial charge on any atom is 0.134 e. The molecule has 21 heavy (non-hydrogen) atoms. The first-order valence-electron chi connectivity index (χ1n) is 7.12. The van der Waals surface area contributed by atoms with E-state index in [0.29, 0.717) is 0 Å². The standard InChI is InChI=1S/C17H17BrN2O/c1-2-9-19-17(16-13(18)7-5-10-20-16)15-11-12-6-3-4-8-14(12)21-15/h3-8,10-11,17,19H,2,9H2,1H3. The Morgan fingerprint density at radius 1 is 1.24 bits per heavy atom. The number of halogens is 1. The van der Waals surface area contributed by atoms with Gasteiger partial charge in [0.2, 0.25) is 0 Å². The number of aromatic nitrogens is 1. The second kappa shape index (κ2) is 6.41. The van der Waals surface area contributed by atoms with Crippen molar-refractivity contribution in [2.75, 3.05) is 6.54 Å². The van der Waals surface area contributed by atoms with Gasteiger partial charge in [0.1, 0.15) is 17.4 Å². The van der Waals surface area contributed by atoms with Crippen LogP contribution in [0.5, 0.6) is 0 Å². The first-order chi connectivity index (χ1) is 10.3. The molecular weight excluding hydrogens is 328 g/mol. The van der Waals surface area contributed by atoms with Crippen molar-refractivity contribution in [3.8, 4) is 0 Å². The molecule has 2 aromatic heterocycles. The van der Waals surface area contributed by atoms with E-state index < -0.39 is 0 Å². The highest BCUT2D eigenvalue weighted by molar-refractivity contribution is 9.10. The number of para-hydroxylation sites is 1. The van der Waals surface area contributed by atoms with Gasteiger partial charge in [0.25, 0.3) is 0 Å². The van der Waals surface area contributed by atoms with E-state index in [9.17, 15) is 0 Å². The molecule has 1 atom stereocenters. The van der Waals surface area contributed by atoms with Crippen LogP contribution in [0.15, 0.2) is 57.6 Å². The van der Waals surface area contributed by atoms with E-state index in [1.807, 2.05) is 36.5 Å². The smallest absolute Gasteiger partial charge is 0.134 e. The lowest BCUT2D eigenvalue weighted by atomic mass is 10.1. The Balaban J connectivity index is 2.04. The minimum atomic E-state index is -0.0482. The van der Waals surface area contributed by atoms with Crippen LogP contribution in [0.25, 0.3) is 11.0 Å². The molecule has 0 amide bonds. The highest BCUT2D eigenvalue weighted by Crippen LogP contribution is 2.30. The molecule has 1 N–H and O–H groups in total. The van der Waals surface area contributed by atoms with Crippen LogP contribution >= 0.6 is 15.9 Å². The number of rotatable bonds is 5. The highest BCUT2D eigenvalue weighted by atomic mass is 79.9. The van der Waals surface area contributed by atoms with E-state index >= 15 is 0 Å². The van der Waals surface area contributed by atoms with Crippen molar-refractivity contribution in [2.45, 2.75) is 19.4 Å². The number of nitrogens with zero attached hydrogens (tertiary/aromatic N) is 1. The van der Waals surface area contributed by atoms with Crippen molar-refractivity contribution in [3.05, 3.63) is 64.6 Å². The molecule has 3 aromatic rings. The number of hydrogen-bond acceptors (Lipinski definition) is 3. The molecule has 0 saturated carbocycles. The first-order valence-corrected chi connectivity index (χ1v) is 7.91. The number of benzene rings is 1. The molecule has 3 nitrogen and oxygen atoms in total. The second-order valence-electron chi connectivity index (χ2n) is 4.94. The maximum atomic E-state index is 6.01. The summed E-state index contributed by atoms with van der Waals surface area (Å²) in [7, 11) is 0. The molecule has 0 aliphatic heterocycles. The largest absolute Gasteiger partial charge is 0.459 e. The van der Waals surface area contributed by atoms with Crippen LogP contribution in [0.1, 0.15) is 30.8 Å². The fourth-order valence-corrected chi connectivity index (χ4v) is 2.86. The van der Waals surface area contributed by atoms with Gasteiger partial charge in [0, 0.05) is 16.1 Å². The number of nitrogens with one attached hydrogen (secondary N) is 1. The van der Waals surface area contributed by atoms with Crippen molar-refractivity contribution >= 4 is 26.9 Å². The van der Waals surface area contributed by atoms with E-state index in [1.54, 1.807) is 0 Å². The van der Waals surface area contributed by atoms with E-state index in [4.69, 9.17) is 4.42 Å². The summed E-state index contributed by atoms with van der Waals surface area (Å²) in [5, 5.41) is 4.63. The summed E-state index contributed by atoms with van der Waals surface area (Å²) in [6.07, 6.45) is 2.87. The monoisotopic (exact) mass is 344 g/mol. The Morgan fingerprint density at radius 2 is 2.10 bits per heavy atom. The summed E-state index contributed by atoms with van der Waals surface area (Å²) in [6.45, 7) is 3.06. The average molecular weight is 345 g/mol.